The molecule has 1 saturated heterocycles. The van der Waals surface area contributed by atoms with Gasteiger partial charge in [-0.25, -0.2) is 0 Å². The van der Waals surface area contributed by atoms with Gasteiger partial charge in [-0.3, -0.25) is 9.78 Å². The molecule has 0 unspecified atom stereocenters. The van der Waals surface area contributed by atoms with E-state index in [9.17, 15) is 4.79 Å². The summed E-state index contributed by atoms with van der Waals surface area (Å²) in [6.45, 7) is 2.79. The first-order chi connectivity index (χ1) is 13.2. The number of halogens is 1. The molecule has 1 aromatic carbocycles. The van der Waals surface area contributed by atoms with Crippen molar-refractivity contribution in [2.24, 2.45) is 0 Å². The van der Waals surface area contributed by atoms with Crippen molar-refractivity contribution in [2.45, 2.75) is 0 Å². The fourth-order valence-corrected chi connectivity index (χ4v) is 3.57. The Hall–Kier alpha value is -2.80. The predicted octanol–water partition coefficient (Wildman–Crippen LogP) is 3.26. The number of hydrogen-bond donors (Lipinski definition) is 0. The van der Waals surface area contributed by atoms with Gasteiger partial charge in [0.2, 0.25) is 0 Å². The number of carbonyl (C=O) groups excluding carboxylic acids is 1. The van der Waals surface area contributed by atoms with Crippen molar-refractivity contribution in [2.75, 3.05) is 31.1 Å². The Morgan fingerprint density at radius 3 is 2.30 bits per heavy atom. The van der Waals surface area contributed by atoms with Crippen LogP contribution >= 0.6 is 15.9 Å². The Bertz CT molecular complexity index is 925. The number of rotatable bonds is 3. The Morgan fingerprint density at radius 1 is 0.889 bits per heavy atom. The number of piperazine rings is 1. The molecule has 0 aliphatic carbocycles. The lowest BCUT2D eigenvalue weighted by atomic mass is 10.1. The van der Waals surface area contributed by atoms with Crippen molar-refractivity contribution in [1.82, 2.24) is 20.1 Å². The van der Waals surface area contributed by atoms with Crippen molar-refractivity contribution in [1.29, 1.82) is 0 Å². The fourth-order valence-electron chi connectivity index (χ4n) is 3.11. The molecule has 1 aliphatic heterocycles. The summed E-state index contributed by atoms with van der Waals surface area (Å²) in [6, 6.07) is 15.3. The van der Waals surface area contributed by atoms with Crippen molar-refractivity contribution in [3.05, 3.63) is 71.0 Å². The van der Waals surface area contributed by atoms with Crippen LogP contribution in [0.3, 0.4) is 0 Å². The van der Waals surface area contributed by atoms with Gasteiger partial charge in [-0.1, -0.05) is 12.1 Å². The average Bonchev–Trinajstić information content (AvgIpc) is 2.74. The minimum Gasteiger partial charge on any atom is -0.352 e. The van der Waals surface area contributed by atoms with Crippen molar-refractivity contribution in [3.8, 4) is 11.3 Å². The summed E-state index contributed by atoms with van der Waals surface area (Å²) in [5, 5.41) is 8.70. The van der Waals surface area contributed by atoms with Crippen LogP contribution in [0.1, 0.15) is 10.4 Å². The highest BCUT2D eigenvalue weighted by atomic mass is 79.9. The zero-order valence-corrected chi connectivity index (χ0v) is 16.2. The smallest absolute Gasteiger partial charge is 0.255 e. The summed E-state index contributed by atoms with van der Waals surface area (Å²) < 4.78 is 0.829. The molecule has 0 atom stereocenters. The van der Waals surface area contributed by atoms with Gasteiger partial charge >= 0.3 is 0 Å². The zero-order valence-electron chi connectivity index (χ0n) is 14.6. The van der Waals surface area contributed by atoms with E-state index < -0.39 is 0 Å². The highest BCUT2D eigenvalue weighted by Gasteiger charge is 2.24. The minimum atomic E-state index is 0.0567. The summed E-state index contributed by atoms with van der Waals surface area (Å²) in [5.41, 5.74) is 2.52. The van der Waals surface area contributed by atoms with E-state index in [1.807, 2.05) is 53.4 Å². The molecule has 7 heteroatoms. The number of amides is 1. The van der Waals surface area contributed by atoms with E-state index in [-0.39, 0.29) is 5.91 Å². The van der Waals surface area contributed by atoms with E-state index >= 15 is 0 Å². The number of aromatic nitrogens is 3. The molecule has 1 amide bonds. The number of nitrogens with zero attached hydrogens (tertiary/aromatic N) is 5. The molecule has 2 aromatic heterocycles. The van der Waals surface area contributed by atoms with Crippen LogP contribution in [0.2, 0.25) is 0 Å². The van der Waals surface area contributed by atoms with E-state index in [4.69, 9.17) is 0 Å². The van der Waals surface area contributed by atoms with Crippen molar-refractivity contribution in [3.63, 3.8) is 0 Å². The second kappa shape index (κ2) is 7.84. The average molecular weight is 424 g/mol. The van der Waals surface area contributed by atoms with Gasteiger partial charge in [0.15, 0.2) is 5.82 Å². The Labute approximate surface area is 166 Å². The molecule has 1 aliphatic rings. The molecule has 6 nitrogen and oxygen atoms in total. The Balaban J connectivity index is 1.41. The van der Waals surface area contributed by atoms with Gasteiger partial charge in [0.05, 0.1) is 11.3 Å². The van der Waals surface area contributed by atoms with Crippen LogP contribution in [-0.4, -0.2) is 52.2 Å². The van der Waals surface area contributed by atoms with Gasteiger partial charge in [0, 0.05) is 48.6 Å². The van der Waals surface area contributed by atoms with Crippen molar-refractivity contribution < 1.29 is 4.79 Å². The van der Waals surface area contributed by atoms with E-state index in [0.29, 0.717) is 18.7 Å². The van der Waals surface area contributed by atoms with E-state index in [1.54, 1.807) is 12.4 Å². The monoisotopic (exact) mass is 423 g/mol. The number of benzene rings is 1. The molecule has 27 heavy (non-hydrogen) atoms. The second-order valence-electron chi connectivity index (χ2n) is 6.27. The Morgan fingerprint density at radius 2 is 1.63 bits per heavy atom. The summed E-state index contributed by atoms with van der Waals surface area (Å²) in [7, 11) is 0. The molecule has 0 N–H and O–H groups in total. The minimum absolute atomic E-state index is 0.0567. The van der Waals surface area contributed by atoms with Crippen LogP contribution in [0, 0.1) is 0 Å². The molecule has 0 saturated carbocycles. The highest BCUT2D eigenvalue weighted by Crippen LogP contribution is 2.21. The third-order valence-electron chi connectivity index (χ3n) is 4.62. The number of hydrogen-bond acceptors (Lipinski definition) is 5. The topological polar surface area (TPSA) is 62.2 Å². The molecular weight excluding hydrogens is 406 g/mol. The maximum atomic E-state index is 12.7. The van der Waals surface area contributed by atoms with Gasteiger partial charge in [0.1, 0.15) is 0 Å². The van der Waals surface area contributed by atoms with Gasteiger partial charge in [-0.15, -0.1) is 10.2 Å². The first kappa shape index (κ1) is 17.6. The van der Waals surface area contributed by atoms with Gasteiger partial charge < -0.3 is 9.80 Å². The molecule has 0 spiro atoms. The normalized spacial score (nSPS) is 14.3. The third-order valence-corrected chi connectivity index (χ3v) is 5.31. The summed E-state index contributed by atoms with van der Waals surface area (Å²) in [6.07, 6.45) is 3.48. The van der Waals surface area contributed by atoms with Crippen molar-refractivity contribution >= 4 is 27.7 Å². The maximum absolute atomic E-state index is 12.7. The van der Waals surface area contributed by atoms with Crippen LogP contribution in [0.25, 0.3) is 11.3 Å². The number of anilines is 1. The lowest BCUT2D eigenvalue weighted by Crippen LogP contribution is -2.49. The SMILES string of the molecule is O=C(c1ccccc1Br)N1CCN(c2ccc(-c3ccncc3)nn2)CC1. The molecule has 0 radical (unpaired) electrons. The molecule has 136 valence electrons. The zero-order chi connectivity index (χ0) is 18.6. The molecular formula is C20H18BrN5O. The van der Waals surface area contributed by atoms with E-state index in [2.05, 4.69) is 36.0 Å². The van der Waals surface area contributed by atoms with Crippen LogP contribution in [0.4, 0.5) is 5.82 Å². The predicted molar refractivity (Wildman–Crippen MR) is 108 cm³/mol. The molecule has 4 rings (SSSR count). The van der Waals surface area contributed by atoms with Crippen LogP contribution in [0.5, 0.6) is 0 Å². The van der Waals surface area contributed by atoms with Gasteiger partial charge in [-0.05, 0) is 52.3 Å². The molecule has 3 heterocycles. The number of carbonyl (C=O) groups is 1. The third kappa shape index (κ3) is 3.83. The summed E-state index contributed by atoms with van der Waals surface area (Å²) in [5.74, 6) is 0.891. The van der Waals surface area contributed by atoms with Gasteiger partial charge in [-0.2, -0.15) is 0 Å². The lowest BCUT2D eigenvalue weighted by Gasteiger charge is -2.35. The summed E-state index contributed by atoms with van der Waals surface area (Å²) >= 11 is 3.46. The second-order valence-corrected chi connectivity index (χ2v) is 7.13. The molecule has 0 bridgehead atoms. The highest BCUT2D eigenvalue weighted by molar-refractivity contribution is 9.10. The maximum Gasteiger partial charge on any atom is 0.255 e. The fraction of sp³-hybridized carbons (Fsp3) is 0.200. The first-order valence-corrected chi connectivity index (χ1v) is 9.54. The quantitative estimate of drug-likeness (QED) is 0.646. The van der Waals surface area contributed by atoms with E-state index in [0.717, 1.165) is 34.6 Å². The lowest BCUT2D eigenvalue weighted by molar-refractivity contribution is 0.0745. The first-order valence-electron chi connectivity index (χ1n) is 8.75. The molecule has 1 fully saturated rings. The van der Waals surface area contributed by atoms with Crippen LogP contribution < -0.4 is 4.90 Å². The van der Waals surface area contributed by atoms with Gasteiger partial charge in [0.25, 0.3) is 5.91 Å². The number of pyridine rings is 1. The standard InChI is InChI=1S/C20H18BrN5O/c21-17-4-2-1-3-16(17)20(27)26-13-11-25(12-14-26)19-6-5-18(23-24-19)15-7-9-22-10-8-15/h1-10H,11-14H2. The largest absolute Gasteiger partial charge is 0.352 e. The van der Waals surface area contributed by atoms with E-state index in [1.165, 1.54) is 0 Å². The summed E-state index contributed by atoms with van der Waals surface area (Å²) in [4.78, 5) is 20.8. The van der Waals surface area contributed by atoms with Crippen LogP contribution in [-0.2, 0) is 0 Å². The Kier molecular flexibility index (Phi) is 5.11. The molecule has 3 aromatic rings. The van der Waals surface area contributed by atoms with Crippen LogP contribution in [0.15, 0.2) is 65.4 Å².